The molecular weight excluding hydrogens is 272 g/mol. The maximum absolute atomic E-state index is 11.9. The highest BCUT2D eigenvalue weighted by Crippen LogP contribution is 2.17. The fraction of sp³-hybridized carbons (Fsp3) is 0.188. The Morgan fingerprint density at radius 3 is 1.81 bits per heavy atom. The molecule has 5 heteroatoms. The number of hydrogen-bond acceptors (Lipinski definition) is 5. The molecule has 2 aromatic carbocycles. The minimum absolute atomic E-state index is 0.271. The normalized spacial score (nSPS) is 11.2. The van der Waals surface area contributed by atoms with Gasteiger partial charge in [-0.1, -0.05) is 60.7 Å². The molecule has 0 aliphatic heterocycles. The maximum atomic E-state index is 11.9. The van der Waals surface area contributed by atoms with Crippen molar-refractivity contribution in [1.82, 2.24) is 0 Å². The highest BCUT2D eigenvalue weighted by Gasteiger charge is 2.18. The Bertz CT molecular complexity index is 511. The Balaban J connectivity index is 0.000000383. The Labute approximate surface area is 123 Å². The van der Waals surface area contributed by atoms with Crippen LogP contribution in [-0.2, 0) is 4.74 Å². The van der Waals surface area contributed by atoms with Gasteiger partial charge in [-0.05, 0) is 5.56 Å². The van der Waals surface area contributed by atoms with E-state index in [0.29, 0.717) is 11.1 Å². The maximum Gasteiger partial charge on any atom is 0.195 e. The molecule has 2 rings (SSSR count). The molecular formula is C16H18O5. The van der Waals surface area contributed by atoms with Crippen LogP contribution in [0.3, 0.4) is 0 Å². The number of ether oxygens (including phenoxy) is 1. The highest BCUT2D eigenvalue weighted by atomic mass is 16.6. The molecule has 0 aliphatic rings. The summed E-state index contributed by atoms with van der Waals surface area (Å²) in [5, 5.41) is 25.3. The van der Waals surface area contributed by atoms with Crippen molar-refractivity contribution in [2.24, 2.45) is 0 Å². The van der Waals surface area contributed by atoms with Crippen molar-refractivity contribution in [2.75, 3.05) is 13.6 Å². The van der Waals surface area contributed by atoms with E-state index in [2.05, 4.69) is 4.74 Å². The van der Waals surface area contributed by atoms with E-state index in [9.17, 15) is 9.90 Å². The lowest BCUT2D eigenvalue weighted by Crippen LogP contribution is -2.11. The molecule has 0 saturated heterocycles. The van der Waals surface area contributed by atoms with Gasteiger partial charge in [-0.25, -0.2) is 0 Å². The first-order valence-corrected chi connectivity index (χ1v) is 6.32. The van der Waals surface area contributed by atoms with Gasteiger partial charge in [-0.3, -0.25) is 4.79 Å². The summed E-state index contributed by atoms with van der Waals surface area (Å²) in [5.74, 6) is -0.271. The summed E-state index contributed by atoms with van der Waals surface area (Å²) in [5.41, 5.74) is 1.15. The largest absolute Gasteiger partial charge is 0.380 e. The van der Waals surface area contributed by atoms with E-state index >= 15 is 0 Å². The average molecular weight is 290 g/mol. The molecule has 3 N–H and O–H groups in total. The fourth-order valence-corrected chi connectivity index (χ4v) is 1.59. The van der Waals surface area contributed by atoms with Crippen molar-refractivity contribution in [3.8, 4) is 0 Å². The number of carbonyl (C=O) groups is 1. The van der Waals surface area contributed by atoms with Crippen LogP contribution < -0.4 is 0 Å². The van der Waals surface area contributed by atoms with Crippen molar-refractivity contribution in [3.05, 3.63) is 71.8 Å². The molecule has 0 bridgehead atoms. The van der Waals surface area contributed by atoms with Gasteiger partial charge in [-0.15, -0.1) is 0 Å². The number of Topliss-reactive ketones (excluding diaryl/α,β-unsaturated/α-hetero) is 1. The summed E-state index contributed by atoms with van der Waals surface area (Å²) >= 11 is 0. The summed E-state index contributed by atoms with van der Waals surface area (Å²) in [7, 11) is 0. The smallest absolute Gasteiger partial charge is 0.195 e. The number of aliphatic hydroxyl groups excluding tert-OH is 3. The zero-order chi connectivity index (χ0) is 15.5. The summed E-state index contributed by atoms with van der Waals surface area (Å²) in [6.07, 6.45) is -1.08. The van der Waals surface area contributed by atoms with Crippen LogP contribution in [0.15, 0.2) is 60.7 Å². The lowest BCUT2D eigenvalue weighted by Gasteiger charge is -2.09. The van der Waals surface area contributed by atoms with E-state index < -0.39 is 19.7 Å². The lowest BCUT2D eigenvalue weighted by molar-refractivity contribution is -0.0763. The quantitative estimate of drug-likeness (QED) is 0.574. The van der Waals surface area contributed by atoms with Gasteiger partial charge in [0.1, 0.15) is 19.7 Å². The molecule has 0 aromatic heterocycles. The van der Waals surface area contributed by atoms with E-state index in [1.54, 1.807) is 48.5 Å². The van der Waals surface area contributed by atoms with Crippen LogP contribution in [0.4, 0.5) is 0 Å². The SMILES string of the molecule is O=C(c1ccccc1)C(O)c1ccccc1.OCOCO. The molecule has 0 fully saturated rings. The van der Waals surface area contributed by atoms with Crippen LogP contribution in [0.2, 0.25) is 0 Å². The van der Waals surface area contributed by atoms with Gasteiger partial charge in [0.15, 0.2) is 5.78 Å². The third kappa shape index (κ3) is 5.85. The third-order valence-corrected chi connectivity index (χ3v) is 2.60. The number of ketones is 1. The molecule has 21 heavy (non-hydrogen) atoms. The van der Waals surface area contributed by atoms with Gasteiger partial charge in [-0.2, -0.15) is 0 Å². The molecule has 0 aliphatic carbocycles. The van der Waals surface area contributed by atoms with Gasteiger partial charge in [0.2, 0.25) is 0 Å². The zero-order valence-electron chi connectivity index (χ0n) is 11.4. The number of benzene rings is 2. The first-order valence-electron chi connectivity index (χ1n) is 6.32. The molecule has 1 atom stereocenters. The number of aliphatic hydroxyl groups is 3. The molecule has 0 saturated carbocycles. The van der Waals surface area contributed by atoms with Gasteiger partial charge in [0.05, 0.1) is 0 Å². The molecule has 112 valence electrons. The average Bonchev–Trinajstić information content (AvgIpc) is 2.56. The molecule has 0 heterocycles. The minimum Gasteiger partial charge on any atom is -0.380 e. The Kier molecular flexibility index (Phi) is 7.93. The zero-order valence-corrected chi connectivity index (χ0v) is 11.4. The second-order valence-corrected chi connectivity index (χ2v) is 4.01. The van der Waals surface area contributed by atoms with E-state index in [0.717, 1.165) is 0 Å². The number of rotatable bonds is 5. The Morgan fingerprint density at radius 1 is 0.905 bits per heavy atom. The summed E-state index contributed by atoms with van der Waals surface area (Å²) in [6.45, 7) is -0.812. The van der Waals surface area contributed by atoms with E-state index in [1.165, 1.54) is 0 Å². The summed E-state index contributed by atoms with van der Waals surface area (Å²) < 4.78 is 3.94. The summed E-state index contributed by atoms with van der Waals surface area (Å²) in [6, 6.07) is 17.7. The standard InChI is InChI=1S/C14H12O2.C2H6O3/c15-13(11-7-3-1-4-8-11)14(16)12-9-5-2-6-10-12;3-1-5-2-4/h1-10,13,15H;3-4H,1-2H2. The third-order valence-electron chi connectivity index (χ3n) is 2.60. The lowest BCUT2D eigenvalue weighted by atomic mass is 10.0. The first kappa shape index (κ1) is 17.0. The van der Waals surface area contributed by atoms with E-state index in [-0.39, 0.29) is 5.78 Å². The molecule has 2 aromatic rings. The van der Waals surface area contributed by atoms with Crippen molar-refractivity contribution in [3.63, 3.8) is 0 Å². The van der Waals surface area contributed by atoms with Gasteiger partial charge in [0, 0.05) is 5.56 Å². The van der Waals surface area contributed by atoms with E-state index in [1.807, 2.05) is 12.1 Å². The summed E-state index contributed by atoms with van der Waals surface area (Å²) in [4.78, 5) is 11.9. The van der Waals surface area contributed by atoms with Crippen molar-refractivity contribution < 1.29 is 24.9 Å². The van der Waals surface area contributed by atoms with Crippen LogP contribution in [0.5, 0.6) is 0 Å². The monoisotopic (exact) mass is 290 g/mol. The molecule has 0 spiro atoms. The molecule has 0 radical (unpaired) electrons. The van der Waals surface area contributed by atoms with Crippen molar-refractivity contribution in [2.45, 2.75) is 6.10 Å². The van der Waals surface area contributed by atoms with Gasteiger partial charge >= 0.3 is 0 Å². The first-order chi connectivity index (χ1) is 10.2. The fourth-order valence-electron chi connectivity index (χ4n) is 1.59. The van der Waals surface area contributed by atoms with Crippen molar-refractivity contribution in [1.29, 1.82) is 0 Å². The molecule has 5 nitrogen and oxygen atoms in total. The predicted octanol–water partition coefficient (Wildman–Crippen LogP) is 1.51. The van der Waals surface area contributed by atoms with Crippen LogP contribution in [-0.4, -0.2) is 34.7 Å². The van der Waals surface area contributed by atoms with Crippen LogP contribution in [0.1, 0.15) is 22.0 Å². The second kappa shape index (κ2) is 9.79. The number of hydrogen-bond donors (Lipinski definition) is 3. The Hall–Kier alpha value is -2.05. The van der Waals surface area contributed by atoms with Crippen LogP contribution in [0.25, 0.3) is 0 Å². The Morgan fingerprint density at radius 2 is 1.38 bits per heavy atom. The second-order valence-electron chi connectivity index (χ2n) is 4.01. The topological polar surface area (TPSA) is 87.0 Å². The van der Waals surface area contributed by atoms with Gasteiger partial charge in [0.25, 0.3) is 0 Å². The molecule has 1 unspecified atom stereocenters. The van der Waals surface area contributed by atoms with E-state index in [4.69, 9.17) is 10.2 Å². The van der Waals surface area contributed by atoms with Gasteiger partial charge < -0.3 is 20.1 Å². The predicted molar refractivity (Wildman–Crippen MR) is 77.4 cm³/mol. The number of carbonyl (C=O) groups excluding carboxylic acids is 1. The highest BCUT2D eigenvalue weighted by molar-refractivity contribution is 5.99. The minimum atomic E-state index is -1.08. The van der Waals surface area contributed by atoms with Crippen LogP contribution in [0, 0.1) is 0 Å². The van der Waals surface area contributed by atoms with Crippen LogP contribution >= 0.6 is 0 Å². The molecule has 0 amide bonds. The van der Waals surface area contributed by atoms with Crippen molar-refractivity contribution >= 4 is 5.78 Å².